The van der Waals surface area contributed by atoms with E-state index in [2.05, 4.69) is 25.8 Å². The Balaban J connectivity index is 0.00000392. The number of nitrogens with zero attached hydrogens (tertiary/aromatic N) is 2. The summed E-state index contributed by atoms with van der Waals surface area (Å²) in [4.78, 5) is 18.2. The van der Waals surface area contributed by atoms with Crippen LogP contribution >= 0.6 is 35.6 Å². The molecule has 1 saturated heterocycles. The van der Waals surface area contributed by atoms with E-state index in [9.17, 15) is 9.90 Å². The van der Waals surface area contributed by atoms with E-state index in [4.69, 9.17) is 11.6 Å². The summed E-state index contributed by atoms with van der Waals surface area (Å²) in [5.74, 6) is 0.734. The molecule has 0 saturated carbocycles. The van der Waals surface area contributed by atoms with Gasteiger partial charge in [0, 0.05) is 43.3 Å². The van der Waals surface area contributed by atoms with Gasteiger partial charge >= 0.3 is 0 Å². The Morgan fingerprint density at radius 1 is 1.36 bits per heavy atom. The topological polar surface area (TPSA) is 89.0 Å². The van der Waals surface area contributed by atoms with Crippen molar-refractivity contribution in [1.82, 2.24) is 20.9 Å². The summed E-state index contributed by atoms with van der Waals surface area (Å²) in [6, 6.07) is 7.56. The normalized spacial score (nSPS) is 16.8. The van der Waals surface area contributed by atoms with Gasteiger partial charge in [0.2, 0.25) is 5.91 Å². The van der Waals surface area contributed by atoms with Crippen LogP contribution < -0.4 is 16.0 Å². The summed E-state index contributed by atoms with van der Waals surface area (Å²) in [5, 5.41) is 20.2. The second kappa shape index (κ2) is 13.2. The number of hydrogen-bond donors (Lipinski definition) is 4. The van der Waals surface area contributed by atoms with Crippen molar-refractivity contribution < 1.29 is 9.90 Å². The number of piperidine rings is 1. The summed E-state index contributed by atoms with van der Waals surface area (Å²) >= 11 is 6.14. The van der Waals surface area contributed by atoms with Crippen molar-refractivity contribution in [3.63, 3.8) is 0 Å². The highest BCUT2D eigenvalue weighted by atomic mass is 127. The first-order valence-corrected chi connectivity index (χ1v) is 9.81. The Labute approximate surface area is 189 Å². The van der Waals surface area contributed by atoms with Gasteiger partial charge in [-0.2, -0.15) is 0 Å². The van der Waals surface area contributed by atoms with Crippen molar-refractivity contribution in [3.05, 3.63) is 34.9 Å². The van der Waals surface area contributed by atoms with Gasteiger partial charge in [-0.15, -0.1) is 24.0 Å². The van der Waals surface area contributed by atoms with Gasteiger partial charge in [-0.05, 0) is 25.8 Å². The molecule has 7 nitrogen and oxygen atoms in total. The molecule has 0 radical (unpaired) electrons. The van der Waals surface area contributed by atoms with Crippen LogP contribution in [0.5, 0.6) is 0 Å². The van der Waals surface area contributed by atoms with Crippen LogP contribution in [-0.2, 0) is 4.79 Å². The van der Waals surface area contributed by atoms with Gasteiger partial charge in [0.1, 0.15) is 6.10 Å². The lowest BCUT2D eigenvalue weighted by molar-refractivity contribution is -0.122. The summed E-state index contributed by atoms with van der Waals surface area (Å²) in [6.07, 6.45) is 1.13. The van der Waals surface area contributed by atoms with E-state index in [0.717, 1.165) is 32.5 Å². The number of likely N-dealkylation sites (N-methyl/N-ethyl adjacent to an activating group) is 1. The van der Waals surface area contributed by atoms with E-state index in [0.29, 0.717) is 29.1 Å². The fourth-order valence-corrected chi connectivity index (χ4v) is 3.31. The van der Waals surface area contributed by atoms with Crippen LogP contribution in [0.25, 0.3) is 0 Å². The van der Waals surface area contributed by atoms with Crippen LogP contribution in [0.1, 0.15) is 31.4 Å². The number of carbonyl (C=O) groups excluding carboxylic acids is 1. The number of aliphatic hydroxyl groups excluding tert-OH is 1. The number of guanidine groups is 1. The van der Waals surface area contributed by atoms with Crippen LogP contribution in [-0.4, -0.2) is 67.7 Å². The molecule has 1 aliphatic rings. The third kappa shape index (κ3) is 8.10. The highest BCUT2D eigenvalue weighted by Crippen LogP contribution is 2.22. The molecule has 0 spiro atoms. The average molecular weight is 524 g/mol. The third-order valence-electron chi connectivity index (χ3n) is 4.61. The Kier molecular flexibility index (Phi) is 11.7. The first-order chi connectivity index (χ1) is 13.0. The molecule has 1 atom stereocenters. The van der Waals surface area contributed by atoms with Crippen LogP contribution in [0.3, 0.4) is 0 Å². The van der Waals surface area contributed by atoms with Crippen molar-refractivity contribution in [2.24, 2.45) is 4.99 Å². The maximum Gasteiger partial charge on any atom is 0.233 e. The Morgan fingerprint density at radius 2 is 2.04 bits per heavy atom. The second-order valence-corrected chi connectivity index (χ2v) is 7.03. The quantitative estimate of drug-likeness (QED) is 0.249. The maximum absolute atomic E-state index is 11.5. The van der Waals surface area contributed by atoms with E-state index in [-0.39, 0.29) is 36.4 Å². The molecule has 1 unspecified atom stereocenters. The number of aliphatic imine (C=N–C) groups is 1. The summed E-state index contributed by atoms with van der Waals surface area (Å²) in [5.41, 5.74) is 0.682. The van der Waals surface area contributed by atoms with Crippen molar-refractivity contribution >= 4 is 47.4 Å². The van der Waals surface area contributed by atoms with Gasteiger partial charge in [0.05, 0.1) is 13.1 Å². The number of aliphatic hydroxyl groups is 1. The van der Waals surface area contributed by atoms with Crippen molar-refractivity contribution in [1.29, 1.82) is 0 Å². The molecule has 0 aliphatic carbocycles. The zero-order chi connectivity index (χ0) is 19.6. The van der Waals surface area contributed by atoms with Crippen LogP contribution in [0.2, 0.25) is 5.02 Å². The molecule has 1 heterocycles. The van der Waals surface area contributed by atoms with Gasteiger partial charge in [0.25, 0.3) is 0 Å². The van der Waals surface area contributed by atoms with E-state index in [1.54, 1.807) is 13.1 Å². The van der Waals surface area contributed by atoms with E-state index in [1.807, 2.05) is 25.1 Å². The molecule has 4 N–H and O–H groups in total. The first-order valence-electron chi connectivity index (χ1n) is 9.43. The number of likely N-dealkylation sites (tertiary alicyclic amines) is 1. The van der Waals surface area contributed by atoms with Gasteiger partial charge < -0.3 is 21.1 Å². The Hall–Kier alpha value is -1.10. The molecule has 1 aromatic rings. The lowest BCUT2D eigenvalue weighted by Crippen LogP contribution is -2.50. The molecule has 0 bridgehead atoms. The summed E-state index contributed by atoms with van der Waals surface area (Å²) in [7, 11) is 1.66. The van der Waals surface area contributed by atoms with Crippen molar-refractivity contribution in [2.45, 2.75) is 31.9 Å². The largest absolute Gasteiger partial charge is 0.386 e. The molecule has 1 fully saturated rings. The molecule has 158 valence electrons. The minimum Gasteiger partial charge on any atom is -0.386 e. The van der Waals surface area contributed by atoms with Crippen molar-refractivity contribution in [2.75, 3.05) is 39.8 Å². The van der Waals surface area contributed by atoms with E-state index < -0.39 is 6.10 Å². The summed E-state index contributed by atoms with van der Waals surface area (Å²) in [6.45, 7) is 5.16. The fourth-order valence-electron chi connectivity index (χ4n) is 3.05. The number of carbonyl (C=O) groups is 1. The first kappa shape index (κ1) is 24.9. The number of amides is 1. The van der Waals surface area contributed by atoms with Gasteiger partial charge in [-0.25, -0.2) is 0 Å². The fraction of sp³-hybridized carbons (Fsp3) is 0.579. The third-order valence-corrected chi connectivity index (χ3v) is 4.95. The highest BCUT2D eigenvalue weighted by Gasteiger charge is 2.21. The Bertz CT molecular complexity index is 639. The van der Waals surface area contributed by atoms with Gasteiger partial charge in [-0.1, -0.05) is 29.8 Å². The zero-order valence-electron chi connectivity index (χ0n) is 16.4. The molecule has 2 rings (SSSR count). The lowest BCUT2D eigenvalue weighted by atomic mass is 10.1. The molecule has 0 aromatic heterocycles. The molecule has 1 amide bonds. The lowest BCUT2D eigenvalue weighted by Gasteiger charge is -2.32. The van der Waals surface area contributed by atoms with E-state index >= 15 is 0 Å². The standard InChI is InChI=1S/C19H30ClN5O2.HI/c1-3-22-19(23-12-17(26)15-6-4-5-7-16(15)20)24-14-8-10-25(11-9-14)13-18(27)21-2;/h4-7,14,17,26H,3,8-13H2,1-2H3,(H,21,27)(H2,22,23,24);1H. The van der Waals surface area contributed by atoms with Gasteiger partial charge in [0.15, 0.2) is 5.96 Å². The monoisotopic (exact) mass is 523 g/mol. The zero-order valence-corrected chi connectivity index (χ0v) is 19.5. The van der Waals surface area contributed by atoms with Crippen LogP contribution in [0.4, 0.5) is 0 Å². The number of halogens is 2. The predicted octanol–water partition coefficient (Wildman–Crippen LogP) is 1.76. The average Bonchev–Trinajstić information content (AvgIpc) is 2.67. The highest BCUT2D eigenvalue weighted by molar-refractivity contribution is 14.0. The second-order valence-electron chi connectivity index (χ2n) is 6.62. The van der Waals surface area contributed by atoms with Crippen LogP contribution in [0.15, 0.2) is 29.3 Å². The van der Waals surface area contributed by atoms with Crippen LogP contribution in [0, 0.1) is 0 Å². The molecule has 1 aliphatic heterocycles. The number of nitrogens with one attached hydrogen (secondary N) is 3. The number of rotatable bonds is 7. The Morgan fingerprint density at radius 3 is 2.64 bits per heavy atom. The molecular weight excluding hydrogens is 493 g/mol. The maximum atomic E-state index is 11.5. The minimum absolute atomic E-state index is 0. The van der Waals surface area contributed by atoms with Crippen molar-refractivity contribution in [3.8, 4) is 0 Å². The molecule has 28 heavy (non-hydrogen) atoms. The number of benzene rings is 1. The summed E-state index contributed by atoms with van der Waals surface area (Å²) < 4.78 is 0. The molecular formula is C19H31ClIN5O2. The molecule has 9 heteroatoms. The predicted molar refractivity (Wildman–Crippen MR) is 124 cm³/mol. The minimum atomic E-state index is -0.747. The SMILES string of the molecule is CCNC(=NCC(O)c1ccccc1Cl)NC1CCN(CC(=O)NC)CC1.I. The number of hydrogen-bond acceptors (Lipinski definition) is 4. The smallest absolute Gasteiger partial charge is 0.233 e. The van der Waals surface area contributed by atoms with E-state index in [1.165, 1.54) is 0 Å². The van der Waals surface area contributed by atoms with Gasteiger partial charge in [-0.3, -0.25) is 14.7 Å². The molecule has 1 aromatic carbocycles.